The number of nitrogens with zero attached hydrogens (tertiary/aromatic N) is 3. The zero-order valence-corrected chi connectivity index (χ0v) is 17.1. The number of hydrogen-bond acceptors (Lipinski definition) is 4. The quantitative estimate of drug-likeness (QED) is 0.400. The molecule has 2 atom stereocenters. The van der Waals surface area contributed by atoms with Crippen LogP contribution in [-0.2, 0) is 4.79 Å². The maximum atomic E-state index is 15.0. The summed E-state index contributed by atoms with van der Waals surface area (Å²) in [6, 6.07) is 9.96. The smallest absolute Gasteiger partial charge is 0.398 e. The van der Waals surface area contributed by atoms with Gasteiger partial charge in [0.05, 0.1) is 12.4 Å². The van der Waals surface area contributed by atoms with Crippen LogP contribution in [0, 0.1) is 17.6 Å². The largest absolute Gasteiger partial charge is 0.491 e. The predicted octanol–water partition coefficient (Wildman–Crippen LogP) is 5.12. The van der Waals surface area contributed by atoms with E-state index in [4.69, 9.17) is 0 Å². The van der Waals surface area contributed by atoms with Crippen LogP contribution < -0.4 is 9.64 Å². The number of hydrogen-bond donors (Lipinski definition) is 0. The normalized spacial score (nSPS) is 19.8. The molecule has 2 aliphatic rings. The Bertz CT molecular complexity index is 1220. The molecule has 3 heterocycles. The molecule has 10 heteroatoms. The summed E-state index contributed by atoms with van der Waals surface area (Å²) in [5.41, 5.74) is 1.50. The van der Waals surface area contributed by atoms with E-state index in [0.717, 1.165) is 12.8 Å². The van der Waals surface area contributed by atoms with Crippen LogP contribution in [0.4, 0.5) is 27.6 Å². The molecule has 0 N–H and O–H groups in total. The number of carbonyl (C=O) groups excluding carboxylic acids is 1. The fourth-order valence-corrected chi connectivity index (χ4v) is 4.85. The van der Waals surface area contributed by atoms with E-state index < -0.39 is 29.9 Å². The lowest BCUT2D eigenvalue weighted by Crippen LogP contribution is -2.39. The van der Waals surface area contributed by atoms with Gasteiger partial charge in [0.1, 0.15) is 17.3 Å². The highest BCUT2D eigenvalue weighted by Gasteiger charge is 2.45. The van der Waals surface area contributed by atoms with Gasteiger partial charge in [0.2, 0.25) is 5.88 Å². The van der Waals surface area contributed by atoms with Crippen LogP contribution in [0.5, 0.6) is 5.88 Å². The number of benzene rings is 2. The van der Waals surface area contributed by atoms with E-state index in [1.807, 2.05) is 4.90 Å². The summed E-state index contributed by atoms with van der Waals surface area (Å²) >= 11 is 0. The molecule has 5 nitrogen and oxygen atoms in total. The number of esters is 1. The van der Waals surface area contributed by atoms with Crippen molar-refractivity contribution < 1.29 is 31.5 Å². The first-order valence-electron chi connectivity index (χ1n) is 10.4. The Kier molecular flexibility index (Phi) is 5.10. The Hall–Kier alpha value is -3.43. The van der Waals surface area contributed by atoms with Crippen molar-refractivity contribution in [3.63, 3.8) is 0 Å². The second-order valence-corrected chi connectivity index (χ2v) is 8.17. The van der Waals surface area contributed by atoms with Gasteiger partial charge in [-0.1, -0.05) is 18.2 Å². The third kappa shape index (κ3) is 3.73. The molecule has 172 valence electrons. The van der Waals surface area contributed by atoms with E-state index in [9.17, 15) is 22.4 Å². The lowest BCUT2D eigenvalue weighted by Gasteiger charge is -2.38. The molecule has 2 aromatic carbocycles. The SMILES string of the molecule is O=C(Oc1ncn2c1-c1cccc(F)c1C2C1CCCN(c2cccc(F)c2)C1)C(F)(F)F. The second kappa shape index (κ2) is 7.86. The van der Waals surface area contributed by atoms with Crippen molar-refractivity contribution in [2.75, 3.05) is 18.0 Å². The molecule has 0 saturated carbocycles. The van der Waals surface area contributed by atoms with Gasteiger partial charge in [-0.05, 0) is 37.1 Å². The van der Waals surface area contributed by atoms with E-state index in [0.29, 0.717) is 29.9 Å². The van der Waals surface area contributed by atoms with Crippen molar-refractivity contribution >= 4 is 11.7 Å². The van der Waals surface area contributed by atoms with Gasteiger partial charge in [-0.3, -0.25) is 0 Å². The number of anilines is 1. The lowest BCUT2D eigenvalue weighted by atomic mass is 9.86. The van der Waals surface area contributed by atoms with Gasteiger partial charge in [0.15, 0.2) is 0 Å². The Morgan fingerprint density at radius 1 is 1.12 bits per heavy atom. The van der Waals surface area contributed by atoms with Gasteiger partial charge in [-0.2, -0.15) is 13.2 Å². The number of carbonyl (C=O) groups is 1. The molecule has 5 rings (SSSR count). The van der Waals surface area contributed by atoms with Gasteiger partial charge in [0.25, 0.3) is 0 Å². The first-order valence-corrected chi connectivity index (χ1v) is 10.4. The first-order chi connectivity index (χ1) is 15.7. The number of alkyl halides is 3. The van der Waals surface area contributed by atoms with Crippen LogP contribution in [-0.4, -0.2) is 34.8 Å². The molecule has 0 aliphatic carbocycles. The Balaban J connectivity index is 1.53. The topological polar surface area (TPSA) is 47.4 Å². The van der Waals surface area contributed by atoms with Gasteiger partial charge in [-0.25, -0.2) is 18.6 Å². The summed E-state index contributed by atoms with van der Waals surface area (Å²) < 4.78 is 73.1. The van der Waals surface area contributed by atoms with Crippen molar-refractivity contribution in [2.24, 2.45) is 5.92 Å². The highest BCUT2D eigenvalue weighted by molar-refractivity contribution is 5.81. The number of ether oxygens (including phenoxy) is 1. The minimum Gasteiger partial charge on any atom is -0.398 e. The van der Waals surface area contributed by atoms with E-state index in [2.05, 4.69) is 9.72 Å². The molecule has 33 heavy (non-hydrogen) atoms. The molecular formula is C23H18F5N3O2. The van der Waals surface area contributed by atoms with E-state index in [1.165, 1.54) is 30.6 Å². The molecular weight excluding hydrogens is 445 g/mol. The zero-order valence-electron chi connectivity index (χ0n) is 17.1. The van der Waals surface area contributed by atoms with Crippen LogP contribution in [0.2, 0.25) is 0 Å². The average molecular weight is 463 g/mol. The van der Waals surface area contributed by atoms with Crippen molar-refractivity contribution in [3.8, 4) is 17.1 Å². The van der Waals surface area contributed by atoms with Crippen LogP contribution in [0.1, 0.15) is 24.4 Å². The van der Waals surface area contributed by atoms with Crippen LogP contribution in [0.15, 0.2) is 48.8 Å². The van der Waals surface area contributed by atoms with E-state index in [1.54, 1.807) is 22.8 Å². The van der Waals surface area contributed by atoms with Gasteiger partial charge >= 0.3 is 12.1 Å². The maximum absolute atomic E-state index is 15.0. The highest BCUT2D eigenvalue weighted by atomic mass is 19.4. The molecule has 2 aliphatic heterocycles. The van der Waals surface area contributed by atoms with Crippen molar-refractivity contribution in [1.82, 2.24) is 9.55 Å². The molecule has 0 amide bonds. The molecule has 0 radical (unpaired) electrons. The Morgan fingerprint density at radius 2 is 1.91 bits per heavy atom. The fourth-order valence-electron chi connectivity index (χ4n) is 4.85. The number of piperidine rings is 1. The minimum atomic E-state index is -5.19. The fraction of sp³-hybridized carbons (Fsp3) is 0.304. The predicted molar refractivity (Wildman–Crippen MR) is 109 cm³/mol. The molecule has 3 aromatic rings. The molecule has 1 saturated heterocycles. The minimum absolute atomic E-state index is 0.134. The monoisotopic (exact) mass is 463 g/mol. The van der Waals surface area contributed by atoms with Crippen LogP contribution in [0.3, 0.4) is 0 Å². The van der Waals surface area contributed by atoms with Gasteiger partial charge in [-0.15, -0.1) is 0 Å². The third-order valence-corrected chi connectivity index (χ3v) is 6.16. The molecule has 0 spiro atoms. The number of aromatic nitrogens is 2. The average Bonchev–Trinajstić information content (AvgIpc) is 3.32. The van der Waals surface area contributed by atoms with E-state index >= 15 is 4.39 Å². The number of halogens is 5. The van der Waals surface area contributed by atoms with Crippen LogP contribution in [0.25, 0.3) is 11.3 Å². The summed E-state index contributed by atoms with van der Waals surface area (Å²) in [7, 11) is 0. The molecule has 0 bridgehead atoms. The van der Waals surface area contributed by atoms with Crippen LogP contribution >= 0.6 is 0 Å². The maximum Gasteiger partial charge on any atom is 0.491 e. The van der Waals surface area contributed by atoms with Gasteiger partial charge < -0.3 is 14.2 Å². The molecule has 1 aromatic heterocycles. The summed E-state index contributed by atoms with van der Waals surface area (Å²) in [5.74, 6) is -3.90. The Labute approximate surface area is 185 Å². The third-order valence-electron chi connectivity index (χ3n) is 6.16. The summed E-state index contributed by atoms with van der Waals surface area (Å²) in [4.78, 5) is 17.3. The number of imidazole rings is 1. The number of fused-ring (bicyclic) bond motifs is 3. The lowest BCUT2D eigenvalue weighted by molar-refractivity contribution is -0.189. The summed E-state index contributed by atoms with van der Waals surface area (Å²) in [6.07, 6.45) is -2.42. The van der Waals surface area contributed by atoms with Crippen molar-refractivity contribution in [3.05, 3.63) is 66.0 Å². The Morgan fingerprint density at radius 3 is 2.67 bits per heavy atom. The highest BCUT2D eigenvalue weighted by Crippen LogP contribution is 2.49. The molecule has 1 fully saturated rings. The summed E-state index contributed by atoms with van der Waals surface area (Å²) in [6.45, 7) is 1.18. The standard InChI is InChI=1S/C23H18F5N3O2/c24-14-5-1-6-15(10-14)30-9-3-4-13(11-30)19-18-16(7-2-8-17(18)25)20-21(29-12-31(19)20)33-22(32)23(26,27)28/h1-2,5-8,10,12-13,19H,3-4,9,11H2. The second-order valence-electron chi connectivity index (χ2n) is 8.17. The zero-order chi connectivity index (χ0) is 23.3. The number of rotatable bonds is 3. The molecule has 2 unspecified atom stereocenters. The van der Waals surface area contributed by atoms with E-state index in [-0.39, 0.29) is 17.4 Å². The first kappa shape index (κ1) is 21.4. The summed E-state index contributed by atoms with van der Waals surface area (Å²) in [5, 5.41) is 0. The van der Waals surface area contributed by atoms with Gasteiger partial charge in [0, 0.05) is 35.8 Å². The van der Waals surface area contributed by atoms with Crippen molar-refractivity contribution in [2.45, 2.75) is 25.1 Å². The van der Waals surface area contributed by atoms with Crippen molar-refractivity contribution in [1.29, 1.82) is 0 Å².